The molecule has 19 heavy (non-hydrogen) atoms. The summed E-state index contributed by atoms with van der Waals surface area (Å²) in [6.45, 7) is 0. The largest absolute Gasteiger partial charge is 0.435 e. The number of nitrogen functional groups attached to an aromatic ring is 1. The fourth-order valence-corrected chi connectivity index (χ4v) is 1.99. The first-order valence-corrected chi connectivity index (χ1v) is 6.04. The van der Waals surface area contributed by atoms with Gasteiger partial charge in [0.15, 0.2) is 5.75 Å². The number of hydrogen-bond donors (Lipinski definition) is 1. The monoisotopic (exact) mass is 271 g/mol. The topological polar surface area (TPSA) is 61.0 Å². The summed E-state index contributed by atoms with van der Waals surface area (Å²) in [5.41, 5.74) is 6.85. The first kappa shape index (κ1) is 11.7. The Morgan fingerprint density at radius 3 is 2.79 bits per heavy atom. The molecular formula is C14H10ClN3O. The Kier molecular flexibility index (Phi) is 2.93. The number of hydrogen-bond acceptors (Lipinski definition) is 4. The minimum atomic E-state index is 0.314. The summed E-state index contributed by atoms with van der Waals surface area (Å²) < 4.78 is 5.72. The molecule has 2 aromatic heterocycles. The summed E-state index contributed by atoms with van der Waals surface area (Å²) in [6, 6.07) is 11.1. The number of aromatic nitrogens is 2. The molecule has 0 saturated carbocycles. The van der Waals surface area contributed by atoms with Crippen LogP contribution in [0.1, 0.15) is 0 Å². The zero-order chi connectivity index (χ0) is 13.2. The van der Waals surface area contributed by atoms with Crippen LogP contribution in [-0.2, 0) is 0 Å². The van der Waals surface area contributed by atoms with Crippen LogP contribution in [0.15, 0.2) is 48.8 Å². The molecule has 0 amide bonds. The van der Waals surface area contributed by atoms with Crippen LogP contribution < -0.4 is 10.5 Å². The lowest BCUT2D eigenvalue weighted by atomic mass is 10.2. The summed E-state index contributed by atoms with van der Waals surface area (Å²) >= 11 is 6.04. The Morgan fingerprint density at radius 1 is 1.11 bits per heavy atom. The smallest absolute Gasteiger partial charge is 0.238 e. The number of rotatable bonds is 2. The molecule has 0 radical (unpaired) electrons. The first-order chi connectivity index (χ1) is 9.24. The molecule has 3 aromatic rings. The fraction of sp³-hybridized carbons (Fsp3) is 0. The predicted octanol–water partition coefficient (Wildman–Crippen LogP) is 3.66. The summed E-state index contributed by atoms with van der Waals surface area (Å²) in [6.07, 6.45) is 3.22. The van der Waals surface area contributed by atoms with Gasteiger partial charge in [-0.25, -0.2) is 4.98 Å². The second-order valence-corrected chi connectivity index (χ2v) is 4.40. The van der Waals surface area contributed by atoms with Crippen molar-refractivity contribution in [2.75, 3.05) is 5.73 Å². The molecule has 0 spiro atoms. The van der Waals surface area contributed by atoms with Gasteiger partial charge in [-0.05, 0) is 18.2 Å². The fourth-order valence-electron chi connectivity index (χ4n) is 1.78. The summed E-state index contributed by atoms with van der Waals surface area (Å²) in [4.78, 5) is 8.38. The molecule has 0 aliphatic carbocycles. The minimum absolute atomic E-state index is 0.314. The van der Waals surface area contributed by atoms with Crippen LogP contribution in [0, 0.1) is 0 Å². The van der Waals surface area contributed by atoms with Crippen LogP contribution in [0.2, 0.25) is 5.02 Å². The molecule has 94 valence electrons. The third-order valence-electron chi connectivity index (χ3n) is 2.63. The van der Waals surface area contributed by atoms with E-state index in [1.807, 2.05) is 30.3 Å². The number of nitrogens with zero attached hydrogens (tertiary/aromatic N) is 2. The lowest BCUT2D eigenvalue weighted by Crippen LogP contribution is -1.93. The third-order valence-corrected chi connectivity index (χ3v) is 2.90. The second-order valence-electron chi connectivity index (χ2n) is 3.99. The van der Waals surface area contributed by atoms with Crippen molar-refractivity contribution < 1.29 is 4.74 Å². The van der Waals surface area contributed by atoms with Crippen LogP contribution in [0.4, 0.5) is 5.69 Å². The van der Waals surface area contributed by atoms with E-state index in [1.54, 1.807) is 12.3 Å². The van der Waals surface area contributed by atoms with Crippen LogP contribution in [0.5, 0.6) is 11.6 Å². The standard InChI is InChI=1S/C14H10ClN3O/c15-11-7-10(16)8-18-14(11)19-12-5-1-3-9-4-2-6-17-13(9)12/h1-8H,16H2. The van der Waals surface area contributed by atoms with Gasteiger partial charge in [0.2, 0.25) is 5.88 Å². The summed E-state index contributed by atoms with van der Waals surface area (Å²) in [5.74, 6) is 0.922. The van der Waals surface area contributed by atoms with Gasteiger partial charge in [0, 0.05) is 11.6 Å². The van der Waals surface area contributed by atoms with Gasteiger partial charge in [0.1, 0.15) is 10.5 Å². The highest BCUT2D eigenvalue weighted by Gasteiger charge is 2.08. The first-order valence-electron chi connectivity index (χ1n) is 5.66. The summed E-state index contributed by atoms with van der Waals surface area (Å²) in [7, 11) is 0. The van der Waals surface area contributed by atoms with E-state index in [4.69, 9.17) is 22.1 Å². The molecule has 1 aromatic carbocycles. The molecule has 2 heterocycles. The number of para-hydroxylation sites is 1. The maximum atomic E-state index is 6.04. The quantitative estimate of drug-likeness (QED) is 0.773. The van der Waals surface area contributed by atoms with E-state index in [-0.39, 0.29) is 0 Å². The highest BCUT2D eigenvalue weighted by molar-refractivity contribution is 6.32. The molecule has 2 N–H and O–H groups in total. The number of halogens is 1. The number of anilines is 1. The SMILES string of the molecule is Nc1cnc(Oc2cccc3cccnc23)c(Cl)c1. The van der Waals surface area contributed by atoms with Gasteiger partial charge in [0.05, 0.1) is 11.9 Å². The van der Waals surface area contributed by atoms with Crippen LogP contribution in [0.25, 0.3) is 10.9 Å². The summed E-state index contributed by atoms with van der Waals surface area (Å²) in [5, 5.41) is 1.36. The van der Waals surface area contributed by atoms with Gasteiger partial charge < -0.3 is 10.5 Å². The van der Waals surface area contributed by atoms with Gasteiger partial charge in [-0.2, -0.15) is 0 Å². The van der Waals surface area contributed by atoms with Crippen molar-refractivity contribution in [3.8, 4) is 11.6 Å². The number of nitrogens with two attached hydrogens (primary N) is 1. The van der Waals surface area contributed by atoms with Crippen molar-refractivity contribution in [3.05, 3.63) is 53.8 Å². The van der Waals surface area contributed by atoms with Crippen molar-refractivity contribution in [2.45, 2.75) is 0 Å². The van der Waals surface area contributed by atoms with E-state index in [0.717, 1.165) is 10.9 Å². The number of pyridine rings is 2. The molecule has 0 unspecified atom stereocenters. The molecule has 0 fully saturated rings. The molecule has 3 rings (SSSR count). The maximum absolute atomic E-state index is 6.04. The molecular weight excluding hydrogens is 262 g/mol. The highest BCUT2D eigenvalue weighted by atomic mass is 35.5. The van der Waals surface area contributed by atoms with E-state index < -0.39 is 0 Å². The van der Waals surface area contributed by atoms with Gasteiger partial charge in [-0.3, -0.25) is 4.98 Å². The Morgan fingerprint density at radius 2 is 1.95 bits per heavy atom. The third kappa shape index (κ3) is 2.30. The van der Waals surface area contributed by atoms with Crippen molar-refractivity contribution in [2.24, 2.45) is 0 Å². The van der Waals surface area contributed by atoms with Crippen molar-refractivity contribution in [1.82, 2.24) is 9.97 Å². The van der Waals surface area contributed by atoms with Gasteiger partial charge in [-0.15, -0.1) is 0 Å². The number of fused-ring (bicyclic) bond motifs is 1. The Bertz CT molecular complexity index is 740. The average Bonchev–Trinajstić information content (AvgIpc) is 2.42. The van der Waals surface area contributed by atoms with Crippen LogP contribution in [-0.4, -0.2) is 9.97 Å². The van der Waals surface area contributed by atoms with Gasteiger partial charge >= 0.3 is 0 Å². The van der Waals surface area contributed by atoms with Crippen LogP contribution in [0.3, 0.4) is 0 Å². The van der Waals surface area contributed by atoms with Crippen molar-refractivity contribution in [3.63, 3.8) is 0 Å². The van der Waals surface area contributed by atoms with E-state index in [9.17, 15) is 0 Å². The molecule has 0 aliphatic heterocycles. The molecule has 0 bridgehead atoms. The highest BCUT2D eigenvalue weighted by Crippen LogP contribution is 2.31. The Balaban J connectivity index is 2.06. The Hall–Kier alpha value is -2.33. The van der Waals surface area contributed by atoms with Gasteiger partial charge in [-0.1, -0.05) is 29.8 Å². The van der Waals surface area contributed by atoms with Crippen molar-refractivity contribution >= 4 is 28.2 Å². The maximum Gasteiger partial charge on any atom is 0.238 e. The zero-order valence-corrected chi connectivity index (χ0v) is 10.6. The van der Waals surface area contributed by atoms with Crippen molar-refractivity contribution in [1.29, 1.82) is 0 Å². The van der Waals surface area contributed by atoms with E-state index in [0.29, 0.717) is 22.3 Å². The van der Waals surface area contributed by atoms with E-state index in [1.165, 1.54) is 6.20 Å². The molecule has 5 heteroatoms. The molecule has 0 saturated heterocycles. The lowest BCUT2D eigenvalue weighted by molar-refractivity contribution is 0.467. The lowest BCUT2D eigenvalue weighted by Gasteiger charge is -2.08. The number of benzene rings is 1. The average molecular weight is 272 g/mol. The zero-order valence-electron chi connectivity index (χ0n) is 9.88. The molecule has 4 nitrogen and oxygen atoms in total. The second kappa shape index (κ2) is 4.74. The van der Waals surface area contributed by atoms with E-state index in [2.05, 4.69) is 9.97 Å². The van der Waals surface area contributed by atoms with Crippen LogP contribution >= 0.6 is 11.6 Å². The van der Waals surface area contributed by atoms with E-state index >= 15 is 0 Å². The number of ether oxygens (including phenoxy) is 1. The molecule has 0 atom stereocenters. The predicted molar refractivity (Wildman–Crippen MR) is 75.5 cm³/mol. The van der Waals surface area contributed by atoms with Gasteiger partial charge in [0.25, 0.3) is 0 Å². The Labute approximate surface area is 114 Å². The molecule has 0 aliphatic rings. The normalized spacial score (nSPS) is 10.6. The minimum Gasteiger partial charge on any atom is -0.435 e.